The van der Waals surface area contributed by atoms with E-state index in [1.54, 1.807) is 6.20 Å². The summed E-state index contributed by atoms with van der Waals surface area (Å²) in [5.74, 6) is 0. The molecule has 0 atom stereocenters. The number of hydrogen-bond donors (Lipinski definition) is 0. The van der Waals surface area contributed by atoms with E-state index in [4.69, 9.17) is 0 Å². The van der Waals surface area contributed by atoms with Crippen LogP contribution in [0.1, 0.15) is 0 Å². The maximum absolute atomic E-state index is 4.00. The van der Waals surface area contributed by atoms with Crippen molar-refractivity contribution in [2.75, 3.05) is 0 Å². The van der Waals surface area contributed by atoms with Crippen LogP contribution in [0.5, 0.6) is 0 Å². The van der Waals surface area contributed by atoms with Crippen molar-refractivity contribution in [1.82, 2.24) is 10.3 Å². The number of pyridine rings is 1. The molecule has 1 aliphatic heterocycles. The zero-order valence-electron chi connectivity index (χ0n) is 4.95. The van der Waals surface area contributed by atoms with Crippen molar-refractivity contribution in [2.45, 2.75) is 0 Å². The smallest absolute Gasteiger partial charge is 0.116 e. The molecule has 0 unspecified atom stereocenters. The Bertz CT molecular complexity index is 295. The van der Waals surface area contributed by atoms with Gasteiger partial charge >= 0.3 is 0 Å². The fourth-order valence-corrected chi connectivity index (χ4v) is 1.09. The Balaban J connectivity index is 2.60. The summed E-state index contributed by atoms with van der Waals surface area (Å²) in [7, 11) is 0. The summed E-state index contributed by atoms with van der Waals surface area (Å²) in [6.07, 6.45) is 3.21. The third kappa shape index (κ3) is 0.806. The van der Waals surface area contributed by atoms with Crippen LogP contribution in [-0.4, -0.2) is 11.3 Å². The van der Waals surface area contributed by atoms with Crippen molar-refractivity contribution in [3.05, 3.63) is 16.9 Å². The topological polar surface area (TPSA) is 39.4 Å². The standard InChI is InChI=1S/C6H3BrN3/c7-6-1-4-5(2-8-6)10-3-9-4/h1-3H. The van der Waals surface area contributed by atoms with Gasteiger partial charge in [-0.25, -0.2) is 15.3 Å². The molecule has 10 heavy (non-hydrogen) atoms. The Hall–Kier alpha value is -0.900. The molecule has 1 aromatic heterocycles. The maximum atomic E-state index is 4.00. The first-order valence-electron chi connectivity index (χ1n) is 2.75. The van der Waals surface area contributed by atoms with Gasteiger partial charge in [0.1, 0.15) is 16.6 Å². The summed E-state index contributed by atoms with van der Waals surface area (Å²) < 4.78 is 0.792. The summed E-state index contributed by atoms with van der Waals surface area (Å²) in [6.45, 7) is 0. The summed E-state index contributed by atoms with van der Waals surface area (Å²) in [5, 5.41) is 3.97. The van der Waals surface area contributed by atoms with Crippen LogP contribution < -0.4 is 5.32 Å². The highest BCUT2D eigenvalue weighted by molar-refractivity contribution is 9.10. The Morgan fingerprint density at radius 2 is 2.20 bits per heavy atom. The van der Waals surface area contributed by atoms with Crippen LogP contribution >= 0.6 is 15.9 Å². The number of aromatic nitrogens is 1. The quantitative estimate of drug-likeness (QED) is 0.584. The first kappa shape index (κ1) is 5.85. The fourth-order valence-electron chi connectivity index (χ4n) is 0.769. The molecule has 1 aromatic rings. The third-order valence-electron chi connectivity index (χ3n) is 1.22. The molecule has 0 aliphatic carbocycles. The molecule has 0 fully saturated rings. The Morgan fingerprint density at radius 1 is 1.30 bits per heavy atom. The number of hydrogen-bond acceptors (Lipinski definition) is 2. The lowest BCUT2D eigenvalue weighted by Gasteiger charge is -1.93. The van der Waals surface area contributed by atoms with Crippen molar-refractivity contribution >= 4 is 33.6 Å². The number of fused-ring (bicyclic) bond motifs is 1. The molecule has 0 aromatic carbocycles. The minimum Gasteiger partial charge on any atom is -0.247 e. The first-order chi connectivity index (χ1) is 4.86. The normalized spacial score (nSPS) is 12.9. The summed E-state index contributed by atoms with van der Waals surface area (Å²) in [5.41, 5.74) is 1.71. The molecule has 0 saturated carbocycles. The van der Waals surface area contributed by atoms with Crippen molar-refractivity contribution in [3.8, 4) is 0 Å². The predicted molar refractivity (Wildman–Crippen MR) is 41.9 cm³/mol. The molecular weight excluding hydrogens is 194 g/mol. The van der Waals surface area contributed by atoms with Crippen molar-refractivity contribution < 1.29 is 0 Å². The van der Waals surface area contributed by atoms with Crippen LogP contribution in [-0.2, 0) is 0 Å². The van der Waals surface area contributed by atoms with Gasteiger partial charge < -0.3 is 0 Å². The minimum atomic E-state index is 0.792. The van der Waals surface area contributed by atoms with E-state index >= 15 is 0 Å². The monoisotopic (exact) mass is 196 g/mol. The zero-order valence-corrected chi connectivity index (χ0v) is 6.54. The Kier molecular flexibility index (Phi) is 1.20. The Morgan fingerprint density at radius 3 is 3.10 bits per heavy atom. The molecule has 0 saturated heterocycles. The second-order valence-electron chi connectivity index (χ2n) is 1.87. The molecule has 3 nitrogen and oxygen atoms in total. The number of halogens is 1. The van der Waals surface area contributed by atoms with Crippen LogP contribution in [0.3, 0.4) is 0 Å². The minimum absolute atomic E-state index is 0.792. The van der Waals surface area contributed by atoms with E-state index < -0.39 is 0 Å². The van der Waals surface area contributed by atoms with E-state index in [0.717, 1.165) is 16.0 Å². The lowest BCUT2D eigenvalue weighted by molar-refractivity contribution is 1.23. The van der Waals surface area contributed by atoms with Crippen LogP contribution in [0.15, 0.2) is 21.9 Å². The molecule has 0 N–H and O–H groups in total. The van der Waals surface area contributed by atoms with E-state index in [9.17, 15) is 0 Å². The van der Waals surface area contributed by atoms with Crippen LogP contribution in [0, 0.1) is 0 Å². The molecule has 0 amide bonds. The highest BCUT2D eigenvalue weighted by Gasteiger charge is 2.06. The lowest BCUT2D eigenvalue weighted by Crippen LogP contribution is -1.85. The van der Waals surface area contributed by atoms with Crippen molar-refractivity contribution in [1.29, 1.82) is 0 Å². The molecule has 0 spiro atoms. The number of aliphatic imine (C=N–C) groups is 1. The molecule has 1 aliphatic rings. The maximum Gasteiger partial charge on any atom is 0.116 e. The highest BCUT2D eigenvalue weighted by atomic mass is 79.9. The molecule has 2 heterocycles. The van der Waals surface area contributed by atoms with E-state index in [2.05, 4.69) is 31.2 Å². The average molecular weight is 197 g/mol. The molecular formula is C6H3BrN3. The Labute approximate surface area is 66.3 Å². The first-order valence-corrected chi connectivity index (χ1v) is 3.54. The van der Waals surface area contributed by atoms with E-state index in [0.29, 0.717) is 0 Å². The van der Waals surface area contributed by atoms with E-state index in [1.807, 2.05) is 6.07 Å². The summed E-state index contributed by atoms with van der Waals surface area (Å²) in [6, 6.07) is 1.84. The summed E-state index contributed by atoms with van der Waals surface area (Å²) in [4.78, 5) is 7.99. The second-order valence-corrected chi connectivity index (χ2v) is 2.68. The van der Waals surface area contributed by atoms with Gasteiger partial charge in [-0.2, -0.15) is 0 Å². The van der Waals surface area contributed by atoms with Gasteiger partial charge in [0.2, 0.25) is 0 Å². The molecule has 1 radical (unpaired) electrons. The molecule has 0 bridgehead atoms. The van der Waals surface area contributed by atoms with Gasteiger partial charge in [-0.1, -0.05) is 0 Å². The van der Waals surface area contributed by atoms with Crippen molar-refractivity contribution in [2.24, 2.45) is 4.99 Å². The lowest BCUT2D eigenvalue weighted by atomic mass is 10.4. The third-order valence-corrected chi connectivity index (χ3v) is 1.66. The van der Waals surface area contributed by atoms with Gasteiger partial charge in [-0.05, 0) is 22.0 Å². The fraction of sp³-hybridized carbons (Fsp3) is 0. The average Bonchev–Trinajstić information content (AvgIpc) is 2.33. The van der Waals surface area contributed by atoms with Crippen LogP contribution in [0.25, 0.3) is 0 Å². The molecule has 4 heteroatoms. The largest absolute Gasteiger partial charge is 0.247 e. The highest BCUT2D eigenvalue weighted by Crippen LogP contribution is 2.29. The van der Waals surface area contributed by atoms with E-state index in [1.165, 1.54) is 6.34 Å². The van der Waals surface area contributed by atoms with E-state index in [-0.39, 0.29) is 0 Å². The number of nitrogens with zero attached hydrogens (tertiary/aromatic N) is 3. The second kappa shape index (κ2) is 2.05. The predicted octanol–water partition coefficient (Wildman–Crippen LogP) is 1.75. The van der Waals surface area contributed by atoms with Gasteiger partial charge in [0.15, 0.2) is 0 Å². The van der Waals surface area contributed by atoms with Gasteiger partial charge in [0, 0.05) is 0 Å². The van der Waals surface area contributed by atoms with Crippen LogP contribution in [0.4, 0.5) is 11.4 Å². The SMILES string of the molecule is Brc1cc2c(cn1)[N]C=N2. The summed E-state index contributed by atoms with van der Waals surface area (Å²) >= 11 is 3.24. The van der Waals surface area contributed by atoms with Gasteiger partial charge in [-0.3, -0.25) is 0 Å². The molecule has 49 valence electrons. The van der Waals surface area contributed by atoms with Crippen LogP contribution in [0.2, 0.25) is 0 Å². The zero-order chi connectivity index (χ0) is 6.97. The van der Waals surface area contributed by atoms with Gasteiger partial charge in [0.25, 0.3) is 0 Å². The number of rotatable bonds is 0. The van der Waals surface area contributed by atoms with Gasteiger partial charge in [-0.15, -0.1) is 0 Å². The van der Waals surface area contributed by atoms with Crippen molar-refractivity contribution in [3.63, 3.8) is 0 Å². The van der Waals surface area contributed by atoms with Gasteiger partial charge in [0.05, 0.1) is 11.9 Å². The molecule has 2 rings (SSSR count).